The fourth-order valence-corrected chi connectivity index (χ4v) is 1.94. The van der Waals surface area contributed by atoms with E-state index < -0.39 is 5.60 Å². The Balaban J connectivity index is 2.36. The molecule has 0 heterocycles. The number of aryl methyl sites for hydroxylation is 1. The summed E-state index contributed by atoms with van der Waals surface area (Å²) >= 11 is 0. The number of amides is 1. The van der Waals surface area contributed by atoms with Gasteiger partial charge in [0.1, 0.15) is 5.75 Å². The Bertz CT molecular complexity index is 444. The zero-order chi connectivity index (χ0) is 15.2. The largest absolute Gasteiger partial charge is 0.484 e. The number of hydrogen-bond donors (Lipinski definition) is 2. The van der Waals surface area contributed by atoms with E-state index in [1.54, 1.807) is 6.92 Å². The van der Waals surface area contributed by atoms with Crippen LogP contribution in [0, 0.1) is 6.92 Å². The van der Waals surface area contributed by atoms with Crippen LogP contribution in [0.25, 0.3) is 0 Å². The molecule has 0 radical (unpaired) electrons. The smallest absolute Gasteiger partial charge is 0.258 e. The van der Waals surface area contributed by atoms with Crippen molar-refractivity contribution in [1.29, 1.82) is 0 Å². The summed E-state index contributed by atoms with van der Waals surface area (Å²) < 4.78 is 5.44. The first-order valence-electron chi connectivity index (χ1n) is 6.62. The quantitative estimate of drug-likeness (QED) is 0.775. The molecule has 1 amide bonds. The van der Waals surface area contributed by atoms with E-state index in [9.17, 15) is 9.90 Å². The lowest BCUT2D eigenvalue weighted by Crippen LogP contribution is -2.47. The van der Waals surface area contributed by atoms with Crippen molar-refractivity contribution in [3.05, 3.63) is 29.8 Å². The molecular formula is C15H24N2O3. The standard InChI is InChI=1S/C15H24N2O3/c1-12-7-5-6-8-13(12)20-9-14(18)16-10-15(2,19)11-17(3)4/h5-8,19H,9-11H2,1-4H3,(H,16,18). The van der Waals surface area contributed by atoms with E-state index in [4.69, 9.17) is 4.74 Å². The highest BCUT2D eigenvalue weighted by Gasteiger charge is 2.22. The minimum atomic E-state index is -0.957. The van der Waals surface area contributed by atoms with Crippen LogP contribution in [0.2, 0.25) is 0 Å². The molecule has 1 rings (SSSR count). The lowest BCUT2D eigenvalue weighted by atomic mass is 10.1. The van der Waals surface area contributed by atoms with Crippen LogP contribution < -0.4 is 10.1 Å². The van der Waals surface area contributed by atoms with Crippen molar-refractivity contribution in [3.8, 4) is 5.75 Å². The number of carbonyl (C=O) groups is 1. The van der Waals surface area contributed by atoms with Crippen molar-refractivity contribution in [2.45, 2.75) is 19.4 Å². The van der Waals surface area contributed by atoms with E-state index in [-0.39, 0.29) is 19.1 Å². The molecule has 112 valence electrons. The number of para-hydroxylation sites is 1. The van der Waals surface area contributed by atoms with Crippen LogP contribution in [0.4, 0.5) is 0 Å². The number of benzene rings is 1. The molecule has 0 spiro atoms. The van der Waals surface area contributed by atoms with Crippen molar-refractivity contribution in [3.63, 3.8) is 0 Å². The Hall–Kier alpha value is -1.59. The van der Waals surface area contributed by atoms with Crippen molar-refractivity contribution in [2.75, 3.05) is 33.8 Å². The zero-order valence-corrected chi connectivity index (χ0v) is 12.6. The maximum Gasteiger partial charge on any atom is 0.258 e. The summed E-state index contributed by atoms with van der Waals surface area (Å²) in [6.45, 7) is 4.24. The molecule has 1 atom stereocenters. The van der Waals surface area contributed by atoms with Crippen LogP contribution in [-0.4, -0.2) is 55.3 Å². The normalized spacial score (nSPS) is 13.9. The molecule has 0 fully saturated rings. The van der Waals surface area contributed by atoms with Gasteiger partial charge in [0.25, 0.3) is 5.91 Å². The number of likely N-dealkylation sites (N-methyl/N-ethyl adjacent to an activating group) is 1. The van der Waals surface area contributed by atoms with Crippen LogP contribution >= 0.6 is 0 Å². The molecule has 0 aromatic heterocycles. The van der Waals surface area contributed by atoms with E-state index in [1.807, 2.05) is 50.2 Å². The van der Waals surface area contributed by atoms with Crippen LogP contribution in [0.15, 0.2) is 24.3 Å². The molecule has 0 bridgehead atoms. The molecule has 1 aromatic carbocycles. The summed E-state index contributed by atoms with van der Waals surface area (Å²) in [5.41, 5.74) is 0.0295. The van der Waals surface area contributed by atoms with Gasteiger partial charge in [-0.2, -0.15) is 0 Å². The second kappa shape index (κ2) is 7.26. The summed E-state index contributed by atoms with van der Waals surface area (Å²) in [4.78, 5) is 13.6. The van der Waals surface area contributed by atoms with Gasteiger partial charge in [-0.3, -0.25) is 4.79 Å². The predicted octanol–water partition coefficient (Wildman–Crippen LogP) is 0.803. The Morgan fingerprint density at radius 2 is 2.05 bits per heavy atom. The summed E-state index contributed by atoms with van der Waals surface area (Å²) in [7, 11) is 3.75. The maximum absolute atomic E-state index is 11.7. The Morgan fingerprint density at radius 3 is 2.65 bits per heavy atom. The first kappa shape index (κ1) is 16.5. The van der Waals surface area contributed by atoms with E-state index >= 15 is 0 Å². The number of carbonyl (C=O) groups excluding carboxylic acids is 1. The van der Waals surface area contributed by atoms with Gasteiger partial charge in [-0.05, 0) is 39.6 Å². The molecule has 5 nitrogen and oxygen atoms in total. The number of ether oxygens (including phenoxy) is 1. The van der Waals surface area contributed by atoms with E-state index in [1.165, 1.54) is 0 Å². The summed E-state index contributed by atoms with van der Waals surface area (Å²) in [5.74, 6) is 0.454. The number of nitrogens with zero attached hydrogens (tertiary/aromatic N) is 1. The van der Waals surface area contributed by atoms with Crippen molar-refractivity contribution < 1.29 is 14.6 Å². The topological polar surface area (TPSA) is 61.8 Å². The van der Waals surface area contributed by atoms with Crippen molar-refractivity contribution in [1.82, 2.24) is 10.2 Å². The minimum absolute atomic E-state index is 0.0527. The Labute approximate surface area is 120 Å². The molecular weight excluding hydrogens is 256 g/mol. The van der Waals surface area contributed by atoms with Crippen LogP contribution in [-0.2, 0) is 4.79 Å². The van der Waals surface area contributed by atoms with E-state index in [2.05, 4.69) is 5.32 Å². The van der Waals surface area contributed by atoms with Gasteiger partial charge in [-0.15, -0.1) is 0 Å². The number of hydrogen-bond acceptors (Lipinski definition) is 4. The monoisotopic (exact) mass is 280 g/mol. The van der Waals surface area contributed by atoms with Gasteiger partial charge in [0, 0.05) is 13.1 Å². The summed E-state index contributed by atoms with van der Waals surface area (Å²) in [6, 6.07) is 7.53. The number of rotatable bonds is 7. The highest BCUT2D eigenvalue weighted by molar-refractivity contribution is 5.77. The average Bonchev–Trinajstić information content (AvgIpc) is 2.34. The number of nitrogens with one attached hydrogen (secondary N) is 1. The van der Waals surface area contributed by atoms with Crippen LogP contribution in [0.3, 0.4) is 0 Å². The van der Waals surface area contributed by atoms with E-state index in [0.29, 0.717) is 12.3 Å². The van der Waals surface area contributed by atoms with Crippen LogP contribution in [0.5, 0.6) is 5.75 Å². The minimum Gasteiger partial charge on any atom is -0.484 e. The first-order valence-corrected chi connectivity index (χ1v) is 6.62. The van der Waals surface area contributed by atoms with Gasteiger partial charge in [0.2, 0.25) is 0 Å². The second-order valence-corrected chi connectivity index (χ2v) is 5.57. The van der Waals surface area contributed by atoms with Crippen molar-refractivity contribution in [2.24, 2.45) is 0 Å². The number of aliphatic hydroxyl groups is 1. The third kappa shape index (κ3) is 6.04. The lowest BCUT2D eigenvalue weighted by Gasteiger charge is -2.27. The van der Waals surface area contributed by atoms with Crippen LogP contribution in [0.1, 0.15) is 12.5 Å². The zero-order valence-electron chi connectivity index (χ0n) is 12.6. The van der Waals surface area contributed by atoms with Gasteiger partial charge in [-0.1, -0.05) is 18.2 Å². The fraction of sp³-hybridized carbons (Fsp3) is 0.533. The SMILES string of the molecule is Cc1ccccc1OCC(=O)NCC(C)(O)CN(C)C. The Morgan fingerprint density at radius 1 is 1.40 bits per heavy atom. The highest BCUT2D eigenvalue weighted by atomic mass is 16.5. The molecule has 0 saturated carbocycles. The van der Waals surface area contributed by atoms with Gasteiger partial charge < -0.3 is 20.1 Å². The Kier molecular flexibility index (Phi) is 5.98. The molecule has 2 N–H and O–H groups in total. The molecule has 1 unspecified atom stereocenters. The second-order valence-electron chi connectivity index (χ2n) is 5.57. The molecule has 20 heavy (non-hydrogen) atoms. The molecule has 5 heteroatoms. The predicted molar refractivity (Wildman–Crippen MR) is 78.9 cm³/mol. The summed E-state index contributed by atoms with van der Waals surface area (Å²) in [5, 5.41) is 12.7. The third-order valence-electron chi connectivity index (χ3n) is 2.78. The van der Waals surface area contributed by atoms with Gasteiger partial charge >= 0.3 is 0 Å². The van der Waals surface area contributed by atoms with E-state index in [0.717, 1.165) is 5.56 Å². The fourth-order valence-electron chi connectivity index (χ4n) is 1.94. The van der Waals surface area contributed by atoms with Gasteiger partial charge in [-0.25, -0.2) is 0 Å². The molecule has 0 aliphatic carbocycles. The first-order chi connectivity index (χ1) is 9.30. The average molecular weight is 280 g/mol. The lowest BCUT2D eigenvalue weighted by molar-refractivity contribution is -0.124. The van der Waals surface area contributed by atoms with Gasteiger partial charge in [0.15, 0.2) is 6.61 Å². The maximum atomic E-state index is 11.7. The summed E-state index contributed by atoms with van der Waals surface area (Å²) in [6.07, 6.45) is 0. The third-order valence-corrected chi connectivity index (χ3v) is 2.78. The van der Waals surface area contributed by atoms with Crippen molar-refractivity contribution >= 4 is 5.91 Å². The molecule has 1 aromatic rings. The van der Waals surface area contributed by atoms with Gasteiger partial charge in [0.05, 0.1) is 5.60 Å². The molecule has 0 aliphatic rings. The highest BCUT2D eigenvalue weighted by Crippen LogP contribution is 2.15. The molecule has 0 saturated heterocycles. The molecule has 0 aliphatic heterocycles.